The van der Waals surface area contributed by atoms with Crippen molar-refractivity contribution in [1.82, 2.24) is 5.32 Å². The van der Waals surface area contributed by atoms with Crippen LogP contribution in [-0.2, 0) is 4.74 Å². The number of nitrogens with one attached hydrogen (secondary N) is 2. The molecular formula is C15H21FN2O3. The van der Waals surface area contributed by atoms with Gasteiger partial charge in [-0.25, -0.2) is 9.18 Å². The fourth-order valence-electron chi connectivity index (χ4n) is 2.12. The Kier molecular flexibility index (Phi) is 5.38. The predicted molar refractivity (Wildman–Crippen MR) is 78.2 cm³/mol. The van der Waals surface area contributed by atoms with Crippen molar-refractivity contribution in [3.05, 3.63) is 24.0 Å². The molecule has 5 nitrogen and oxygen atoms in total. The van der Waals surface area contributed by atoms with Crippen LogP contribution in [0.3, 0.4) is 0 Å². The summed E-state index contributed by atoms with van der Waals surface area (Å²) < 4.78 is 24.6. The van der Waals surface area contributed by atoms with Crippen molar-refractivity contribution in [1.29, 1.82) is 0 Å². The average molecular weight is 296 g/mol. The van der Waals surface area contributed by atoms with E-state index in [-0.39, 0.29) is 17.9 Å². The zero-order valence-corrected chi connectivity index (χ0v) is 12.3. The topological polar surface area (TPSA) is 59.6 Å². The lowest BCUT2D eigenvalue weighted by atomic mass is 10.2. The number of carbonyl (C=O) groups excluding carboxylic acids is 1. The van der Waals surface area contributed by atoms with E-state index < -0.39 is 11.8 Å². The standard InChI is InChI=1S/C15H21FN2O3/c1-10(2)21-11-5-6-14(13(16)8-11)18-15(19)17-9-12-4-3-7-20-12/h5-6,8,10,12H,3-4,7,9H2,1-2H3,(H2,17,18,19). The first kappa shape index (κ1) is 15.6. The second-order valence-electron chi connectivity index (χ2n) is 5.28. The normalized spacial score (nSPS) is 17.8. The second kappa shape index (κ2) is 7.26. The molecule has 0 saturated carbocycles. The molecule has 0 aromatic heterocycles. The number of anilines is 1. The van der Waals surface area contributed by atoms with Gasteiger partial charge >= 0.3 is 6.03 Å². The molecule has 1 fully saturated rings. The molecule has 1 unspecified atom stereocenters. The molecule has 1 aliphatic heterocycles. The maximum Gasteiger partial charge on any atom is 0.319 e. The molecular weight excluding hydrogens is 275 g/mol. The Hall–Kier alpha value is -1.82. The molecule has 0 spiro atoms. The molecule has 0 aliphatic carbocycles. The third-order valence-corrected chi connectivity index (χ3v) is 3.07. The zero-order valence-electron chi connectivity index (χ0n) is 12.3. The first-order valence-corrected chi connectivity index (χ1v) is 7.17. The number of rotatable bonds is 5. The highest BCUT2D eigenvalue weighted by Gasteiger charge is 2.16. The first-order chi connectivity index (χ1) is 10.0. The van der Waals surface area contributed by atoms with Crippen LogP contribution in [0.1, 0.15) is 26.7 Å². The Balaban J connectivity index is 1.85. The molecule has 1 saturated heterocycles. The van der Waals surface area contributed by atoms with Crippen molar-refractivity contribution in [3.63, 3.8) is 0 Å². The smallest absolute Gasteiger partial charge is 0.319 e. The van der Waals surface area contributed by atoms with Gasteiger partial charge in [-0.15, -0.1) is 0 Å². The van der Waals surface area contributed by atoms with E-state index in [2.05, 4.69) is 10.6 Å². The van der Waals surface area contributed by atoms with Gasteiger partial charge in [-0.05, 0) is 38.8 Å². The predicted octanol–water partition coefficient (Wildman–Crippen LogP) is 2.91. The Morgan fingerprint density at radius 1 is 1.52 bits per heavy atom. The summed E-state index contributed by atoms with van der Waals surface area (Å²) in [6, 6.07) is 3.93. The van der Waals surface area contributed by atoms with Crippen LogP contribution in [0.25, 0.3) is 0 Å². The Morgan fingerprint density at radius 2 is 2.33 bits per heavy atom. The summed E-state index contributed by atoms with van der Waals surface area (Å²) in [5.74, 6) is -0.0896. The van der Waals surface area contributed by atoms with Gasteiger partial charge in [-0.3, -0.25) is 0 Å². The van der Waals surface area contributed by atoms with Crippen LogP contribution in [-0.4, -0.2) is 31.4 Å². The lowest BCUT2D eigenvalue weighted by molar-refractivity contribution is 0.112. The van der Waals surface area contributed by atoms with Gasteiger partial charge in [0.25, 0.3) is 0 Å². The molecule has 1 aliphatic rings. The van der Waals surface area contributed by atoms with Crippen LogP contribution >= 0.6 is 0 Å². The molecule has 21 heavy (non-hydrogen) atoms. The monoisotopic (exact) mass is 296 g/mol. The Bertz CT molecular complexity index is 488. The molecule has 1 atom stereocenters. The van der Waals surface area contributed by atoms with Crippen LogP contribution in [0.5, 0.6) is 5.75 Å². The summed E-state index contributed by atoms with van der Waals surface area (Å²) in [7, 11) is 0. The van der Waals surface area contributed by atoms with E-state index in [0.29, 0.717) is 12.3 Å². The highest BCUT2D eigenvalue weighted by molar-refractivity contribution is 5.89. The van der Waals surface area contributed by atoms with Gasteiger partial charge in [0, 0.05) is 19.2 Å². The van der Waals surface area contributed by atoms with Crippen molar-refractivity contribution in [2.45, 2.75) is 38.9 Å². The molecule has 0 radical (unpaired) electrons. The molecule has 1 heterocycles. The van der Waals surface area contributed by atoms with Crippen LogP contribution in [0.2, 0.25) is 0 Å². The summed E-state index contributed by atoms with van der Waals surface area (Å²) in [6.07, 6.45) is 1.98. The van der Waals surface area contributed by atoms with Crippen molar-refractivity contribution in [2.24, 2.45) is 0 Å². The van der Waals surface area contributed by atoms with E-state index in [9.17, 15) is 9.18 Å². The number of halogens is 1. The summed E-state index contributed by atoms with van der Waals surface area (Å²) in [5, 5.41) is 5.15. The van der Waals surface area contributed by atoms with Crippen molar-refractivity contribution in [3.8, 4) is 5.75 Å². The minimum absolute atomic E-state index is 0.0297. The molecule has 2 rings (SSSR count). The Morgan fingerprint density at radius 3 is 2.95 bits per heavy atom. The molecule has 6 heteroatoms. The van der Waals surface area contributed by atoms with Crippen LogP contribution in [0.4, 0.5) is 14.9 Å². The van der Waals surface area contributed by atoms with Gasteiger partial charge in [0.15, 0.2) is 0 Å². The van der Waals surface area contributed by atoms with Crippen LogP contribution < -0.4 is 15.4 Å². The molecule has 1 aromatic carbocycles. The maximum absolute atomic E-state index is 13.9. The van der Waals surface area contributed by atoms with Gasteiger partial charge in [-0.1, -0.05) is 0 Å². The highest BCUT2D eigenvalue weighted by atomic mass is 19.1. The SMILES string of the molecule is CC(C)Oc1ccc(NC(=O)NCC2CCCO2)c(F)c1. The van der Waals surface area contributed by atoms with Gasteiger partial charge in [0.1, 0.15) is 11.6 Å². The van der Waals surface area contributed by atoms with Crippen molar-refractivity contribution >= 4 is 11.7 Å². The highest BCUT2D eigenvalue weighted by Crippen LogP contribution is 2.21. The summed E-state index contributed by atoms with van der Waals surface area (Å²) >= 11 is 0. The lowest BCUT2D eigenvalue weighted by Crippen LogP contribution is -2.35. The van der Waals surface area contributed by atoms with Crippen LogP contribution in [0.15, 0.2) is 18.2 Å². The summed E-state index contributed by atoms with van der Waals surface area (Å²) in [4.78, 5) is 11.7. The number of hydrogen-bond acceptors (Lipinski definition) is 3. The van der Waals surface area contributed by atoms with E-state index in [1.807, 2.05) is 13.8 Å². The van der Waals surface area contributed by atoms with Gasteiger partial charge in [-0.2, -0.15) is 0 Å². The number of urea groups is 1. The van der Waals surface area contributed by atoms with Crippen molar-refractivity contribution < 1.29 is 18.7 Å². The fourth-order valence-corrected chi connectivity index (χ4v) is 2.12. The summed E-state index contributed by atoms with van der Waals surface area (Å²) in [5.41, 5.74) is 0.121. The zero-order chi connectivity index (χ0) is 15.2. The number of ether oxygens (including phenoxy) is 2. The maximum atomic E-state index is 13.9. The van der Waals surface area contributed by atoms with E-state index in [1.165, 1.54) is 12.1 Å². The minimum Gasteiger partial charge on any atom is -0.491 e. The van der Waals surface area contributed by atoms with Crippen LogP contribution in [0, 0.1) is 5.82 Å². The van der Waals surface area contributed by atoms with Crippen molar-refractivity contribution in [2.75, 3.05) is 18.5 Å². The second-order valence-corrected chi connectivity index (χ2v) is 5.28. The summed E-state index contributed by atoms with van der Waals surface area (Å²) in [6.45, 7) is 4.90. The van der Waals surface area contributed by atoms with E-state index in [1.54, 1.807) is 6.07 Å². The van der Waals surface area contributed by atoms with Gasteiger partial charge in [0.05, 0.1) is 17.9 Å². The lowest BCUT2D eigenvalue weighted by Gasteiger charge is -2.13. The largest absolute Gasteiger partial charge is 0.491 e. The van der Waals surface area contributed by atoms with Gasteiger partial charge in [0.2, 0.25) is 0 Å². The fraction of sp³-hybridized carbons (Fsp3) is 0.533. The molecule has 1 aromatic rings. The third-order valence-electron chi connectivity index (χ3n) is 3.07. The van der Waals surface area contributed by atoms with Gasteiger partial charge < -0.3 is 20.1 Å². The number of carbonyl (C=O) groups is 1. The molecule has 0 bridgehead atoms. The Labute approximate surface area is 123 Å². The number of hydrogen-bond donors (Lipinski definition) is 2. The number of benzene rings is 1. The first-order valence-electron chi connectivity index (χ1n) is 7.17. The quantitative estimate of drug-likeness (QED) is 0.878. The van der Waals surface area contributed by atoms with E-state index in [4.69, 9.17) is 9.47 Å². The minimum atomic E-state index is -0.527. The molecule has 2 amide bonds. The number of amides is 2. The third kappa shape index (κ3) is 4.90. The molecule has 116 valence electrons. The van der Waals surface area contributed by atoms with E-state index in [0.717, 1.165) is 19.4 Å². The average Bonchev–Trinajstić information content (AvgIpc) is 2.92. The van der Waals surface area contributed by atoms with E-state index >= 15 is 0 Å². The molecule has 2 N–H and O–H groups in total.